The fraction of sp³-hybridized carbons (Fsp3) is 1.00. The Morgan fingerprint density at radius 1 is 1.11 bits per heavy atom. The van der Waals surface area contributed by atoms with Crippen LogP contribution in [0.15, 0.2) is 0 Å². The summed E-state index contributed by atoms with van der Waals surface area (Å²) in [6, 6.07) is -0.134. The number of rotatable bonds is 2. The van der Waals surface area contributed by atoms with Gasteiger partial charge in [0.2, 0.25) is 6.29 Å². The van der Waals surface area contributed by atoms with Crippen LogP contribution in [0.2, 0.25) is 0 Å². The Kier molecular flexibility index (Phi) is 2.61. The zero-order valence-corrected chi connectivity index (χ0v) is 6.50. The summed E-state index contributed by atoms with van der Waals surface area (Å²) >= 11 is 0. The molecule has 0 radical (unpaired) electrons. The maximum absolute atomic E-state index is 8.70. The Morgan fingerprint density at radius 2 is 1.44 bits per heavy atom. The molecule has 3 nitrogen and oxygen atoms in total. The van der Waals surface area contributed by atoms with E-state index < -0.39 is 6.29 Å². The molecule has 0 aromatic rings. The molecule has 9 heavy (non-hydrogen) atoms. The van der Waals surface area contributed by atoms with Gasteiger partial charge in [0.15, 0.2) is 0 Å². The van der Waals surface area contributed by atoms with Crippen LogP contribution in [0.4, 0.5) is 0 Å². The van der Waals surface area contributed by atoms with E-state index in [9.17, 15) is 0 Å². The van der Waals surface area contributed by atoms with Crippen LogP contribution in [-0.2, 0) is 0 Å². The van der Waals surface area contributed by atoms with E-state index >= 15 is 0 Å². The van der Waals surface area contributed by atoms with Gasteiger partial charge in [-0.3, -0.25) is 0 Å². The fourth-order valence-electron chi connectivity index (χ4n) is 0.400. The number of aliphatic hydroxyl groups excluding tert-OH is 1. The van der Waals surface area contributed by atoms with Crippen molar-refractivity contribution in [3.05, 3.63) is 0 Å². The molecule has 0 spiro atoms. The topological polar surface area (TPSA) is 40.5 Å². The summed E-state index contributed by atoms with van der Waals surface area (Å²) in [5.41, 5.74) is 0. The van der Waals surface area contributed by atoms with E-state index in [-0.39, 0.29) is 6.04 Å². The summed E-state index contributed by atoms with van der Waals surface area (Å²) < 4.78 is 0.567. The highest BCUT2D eigenvalue weighted by molar-refractivity contribution is 4.48. The minimum Gasteiger partial charge on any atom is -0.363 e. The molecule has 0 aliphatic rings. The molecule has 0 aromatic heterocycles. The Morgan fingerprint density at radius 3 is 1.44 bits per heavy atom. The average molecular weight is 134 g/mol. The Bertz CT molecular complexity index is 85.5. The van der Waals surface area contributed by atoms with Crippen LogP contribution in [0.25, 0.3) is 0 Å². The molecule has 0 aromatic carbocycles. The maximum atomic E-state index is 8.70. The summed E-state index contributed by atoms with van der Waals surface area (Å²) in [6.45, 7) is 1.80. The van der Waals surface area contributed by atoms with E-state index in [2.05, 4.69) is 0 Å². The summed E-state index contributed by atoms with van der Waals surface area (Å²) in [7, 11) is 5.76. The molecule has 3 heteroatoms. The lowest BCUT2D eigenvalue weighted by Gasteiger charge is -2.32. The molecular weight excluding hydrogens is 118 g/mol. The van der Waals surface area contributed by atoms with Gasteiger partial charge in [0, 0.05) is 0 Å². The molecule has 0 saturated carbocycles. The molecule has 0 fully saturated rings. The molecule has 0 aliphatic heterocycles. The number of aliphatic hydroxyl groups is 2. The molecule has 0 aliphatic carbocycles. The number of hydrogen-bond donors (Lipinski definition) is 2. The second-order valence-corrected chi connectivity index (χ2v) is 3.27. The van der Waals surface area contributed by atoms with Crippen LogP contribution in [0.3, 0.4) is 0 Å². The van der Waals surface area contributed by atoms with Crippen molar-refractivity contribution in [2.75, 3.05) is 21.1 Å². The summed E-state index contributed by atoms with van der Waals surface area (Å²) in [5, 5.41) is 17.4. The molecule has 1 atom stereocenters. The number of likely N-dealkylation sites (N-methyl/N-ethyl adjacent to an activating group) is 1. The lowest BCUT2D eigenvalue weighted by molar-refractivity contribution is -0.901. The second kappa shape index (κ2) is 2.64. The second-order valence-electron chi connectivity index (χ2n) is 3.27. The van der Waals surface area contributed by atoms with Gasteiger partial charge in [-0.25, -0.2) is 0 Å². The highest BCUT2D eigenvalue weighted by Crippen LogP contribution is 2.03. The van der Waals surface area contributed by atoms with Crippen molar-refractivity contribution in [3.8, 4) is 0 Å². The first-order valence-electron chi connectivity index (χ1n) is 3.03. The molecule has 2 N–H and O–H groups in total. The van der Waals surface area contributed by atoms with E-state index in [0.29, 0.717) is 4.48 Å². The van der Waals surface area contributed by atoms with E-state index in [0.717, 1.165) is 0 Å². The van der Waals surface area contributed by atoms with Gasteiger partial charge in [0.25, 0.3) is 0 Å². The summed E-state index contributed by atoms with van der Waals surface area (Å²) in [6.07, 6.45) is -1.22. The summed E-state index contributed by atoms with van der Waals surface area (Å²) in [5.74, 6) is 0. The number of nitrogens with zero attached hydrogens (tertiary/aromatic N) is 1. The maximum Gasteiger partial charge on any atom is 0.205 e. The highest BCUT2D eigenvalue weighted by Gasteiger charge is 2.24. The molecule has 0 bridgehead atoms. The number of quaternary nitrogens is 1. The van der Waals surface area contributed by atoms with Crippen molar-refractivity contribution >= 4 is 0 Å². The van der Waals surface area contributed by atoms with Crippen molar-refractivity contribution in [2.24, 2.45) is 0 Å². The Labute approximate surface area is 56.1 Å². The van der Waals surface area contributed by atoms with Crippen LogP contribution in [0.1, 0.15) is 6.92 Å². The lowest BCUT2D eigenvalue weighted by atomic mass is 10.3. The predicted octanol–water partition coefficient (Wildman–Crippen LogP) is -0.608. The van der Waals surface area contributed by atoms with Gasteiger partial charge in [0.1, 0.15) is 6.04 Å². The lowest BCUT2D eigenvalue weighted by Crippen LogP contribution is -2.49. The monoisotopic (exact) mass is 134 g/mol. The van der Waals surface area contributed by atoms with Crippen molar-refractivity contribution in [3.63, 3.8) is 0 Å². The molecule has 0 rings (SSSR count). The van der Waals surface area contributed by atoms with Crippen LogP contribution in [0.5, 0.6) is 0 Å². The zero-order valence-electron chi connectivity index (χ0n) is 6.50. The van der Waals surface area contributed by atoms with Gasteiger partial charge >= 0.3 is 0 Å². The van der Waals surface area contributed by atoms with Crippen LogP contribution in [-0.4, -0.2) is 48.2 Å². The Hall–Kier alpha value is -0.120. The minimum absolute atomic E-state index is 0.134. The quantitative estimate of drug-likeness (QED) is 0.391. The van der Waals surface area contributed by atoms with E-state index in [1.165, 1.54) is 0 Å². The Balaban J connectivity index is 3.88. The third-order valence-electron chi connectivity index (χ3n) is 1.65. The van der Waals surface area contributed by atoms with E-state index in [1.54, 1.807) is 6.92 Å². The van der Waals surface area contributed by atoms with E-state index in [1.807, 2.05) is 21.1 Å². The first-order chi connectivity index (χ1) is 3.85. The van der Waals surface area contributed by atoms with Crippen molar-refractivity contribution in [1.29, 1.82) is 0 Å². The first kappa shape index (κ1) is 8.88. The van der Waals surface area contributed by atoms with Crippen molar-refractivity contribution in [2.45, 2.75) is 19.3 Å². The molecule has 56 valence electrons. The van der Waals surface area contributed by atoms with Crippen LogP contribution >= 0.6 is 0 Å². The molecule has 0 saturated heterocycles. The first-order valence-corrected chi connectivity index (χ1v) is 3.03. The van der Waals surface area contributed by atoms with Gasteiger partial charge in [-0.05, 0) is 6.92 Å². The smallest absolute Gasteiger partial charge is 0.205 e. The minimum atomic E-state index is -1.22. The van der Waals surface area contributed by atoms with Crippen LogP contribution in [0, 0.1) is 0 Å². The predicted molar refractivity (Wildman–Crippen MR) is 35.7 cm³/mol. The molecular formula is C6H16NO2+. The zero-order chi connectivity index (χ0) is 7.65. The van der Waals surface area contributed by atoms with Gasteiger partial charge in [-0.2, -0.15) is 0 Å². The van der Waals surface area contributed by atoms with Gasteiger partial charge in [-0.1, -0.05) is 0 Å². The fourth-order valence-corrected chi connectivity index (χ4v) is 0.400. The summed E-state index contributed by atoms with van der Waals surface area (Å²) in [4.78, 5) is 0. The average Bonchev–Trinajstić information content (AvgIpc) is 1.62. The largest absolute Gasteiger partial charge is 0.363 e. The SMILES string of the molecule is C[C@H](C(O)O)[N+](C)(C)C. The third-order valence-corrected chi connectivity index (χ3v) is 1.65. The van der Waals surface area contributed by atoms with Gasteiger partial charge in [0.05, 0.1) is 21.1 Å². The van der Waals surface area contributed by atoms with Crippen LogP contribution < -0.4 is 0 Å². The highest BCUT2D eigenvalue weighted by atomic mass is 16.5. The van der Waals surface area contributed by atoms with Gasteiger partial charge < -0.3 is 14.7 Å². The third kappa shape index (κ3) is 2.79. The molecule has 0 heterocycles. The molecule has 0 unspecified atom stereocenters. The van der Waals surface area contributed by atoms with Crippen molar-refractivity contribution < 1.29 is 14.7 Å². The number of hydrogen-bond acceptors (Lipinski definition) is 2. The normalized spacial score (nSPS) is 16.3. The van der Waals surface area contributed by atoms with E-state index in [4.69, 9.17) is 10.2 Å². The van der Waals surface area contributed by atoms with Crippen molar-refractivity contribution in [1.82, 2.24) is 0 Å². The standard InChI is InChI=1S/C6H16NO2/c1-5(6(8)9)7(2,3)4/h5-6,8-9H,1-4H3/q+1/t5-/m1/s1. The van der Waals surface area contributed by atoms with Gasteiger partial charge in [-0.15, -0.1) is 0 Å². The molecule has 0 amide bonds.